The highest BCUT2D eigenvalue weighted by Gasteiger charge is 2.33. The lowest BCUT2D eigenvalue weighted by atomic mass is 10.4. The van der Waals surface area contributed by atoms with Crippen LogP contribution in [0, 0.1) is 0 Å². The van der Waals surface area contributed by atoms with Crippen molar-refractivity contribution in [2.24, 2.45) is 5.10 Å². The molecular formula is C9H10ClN3O3. The first-order chi connectivity index (χ1) is 7.58. The summed E-state index contributed by atoms with van der Waals surface area (Å²) in [6, 6.07) is -0.513. The van der Waals surface area contributed by atoms with Crippen molar-refractivity contribution in [1.29, 1.82) is 0 Å². The number of halogens is 1. The summed E-state index contributed by atoms with van der Waals surface area (Å²) >= 11 is 5.23. The summed E-state index contributed by atoms with van der Waals surface area (Å²) in [5.74, 6) is 1.21. The SMILES string of the molecule is CC1=CCC(=NN2CCN(C(=O)Cl)C2=O)O1. The predicted octanol–water partition coefficient (Wildman–Crippen LogP) is 1.72. The van der Waals surface area contributed by atoms with Crippen LogP contribution in [0.15, 0.2) is 16.9 Å². The molecule has 0 aromatic rings. The summed E-state index contributed by atoms with van der Waals surface area (Å²) in [6.07, 6.45) is 2.42. The van der Waals surface area contributed by atoms with Crippen molar-refractivity contribution in [2.75, 3.05) is 13.1 Å². The minimum atomic E-state index is -0.783. The molecule has 16 heavy (non-hydrogen) atoms. The van der Waals surface area contributed by atoms with Gasteiger partial charge in [-0.05, 0) is 24.6 Å². The van der Waals surface area contributed by atoms with E-state index in [1.54, 1.807) is 0 Å². The zero-order valence-electron chi connectivity index (χ0n) is 8.64. The van der Waals surface area contributed by atoms with Crippen LogP contribution in [0.5, 0.6) is 0 Å². The van der Waals surface area contributed by atoms with Gasteiger partial charge in [0.1, 0.15) is 0 Å². The number of nitrogens with zero attached hydrogens (tertiary/aromatic N) is 3. The Labute approximate surface area is 97.1 Å². The Bertz CT molecular complexity index is 405. The molecule has 0 bridgehead atoms. The van der Waals surface area contributed by atoms with Crippen LogP contribution in [0.25, 0.3) is 0 Å². The average Bonchev–Trinajstić information content (AvgIpc) is 2.76. The second-order valence-corrected chi connectivity index (χ2v) is 3.75. The first-order valence-electron chi connectivity index (χ1n) is 4.78. The molecule has 0 spiro atoms. The molecule has 7 heteroatoms. The van der Waals surface area contributed by atoms with Gasteiger partial charge in [-0.15, -0.1) is 5.10 Å². The van der Waals surface area contributed by atoms with Gasteiger partial charge in [0, 0.05) is 6.42 Å². The Morgan fingerprint density at radius 2 is 2.31 bits per heavy atom. The van der Waals surface area contributed by atoms with E-state index in [9.17, 15) is 9.59 Å². The number of hydrogen-bond donors (Lipinski definition) is 0. The fourth-order valence-electron chi connectivity index (χ4n) is 1.48. The largest absolute Gasteiger partial charge is 0.446 e. The molecule has 0 unspecified atom stereocenters. The van der Waals surface area contributed by atoms with Crippen molar-refractivity contribution in [2.45, 2.75) is 13.3 Å². The van der Waals surface area contributed by atoms with Crippen LogP contribution in [0.1, 0.15) is 13.3 Å². The summed E-state index contributed by atoms with van der Waals surface area (Å²) in [5, 5.41) is 4.41. The molecule has 3 amide bonds. The molecule has 0 radical (unpaired) electrons. The Kier molecular flexibility index (Phi) is 2.82. The molecule has 6 nitrogen and oxygen atoms in total. The molecule has 0 aromatic heterocycles. The van der Waals surface area contributed by atoms with Gasteiger partial charge >= 0.3 is 11.4 Å². The lowest BCUT2D eigenvalue weighted by molar-refractivity contribution is 0.194. The van der Waals surface area contributed by atoms with Crippen LogP contribution < -0.4 is 0 Å². The maximum absolute atomic E-state index is 11.6. The van der Waals surface area contributed by atoms with Gasteiger partial charge in [0.25, 0.3) is 0 Å². The first kappa shape index (κ1) is 10.9. The molecule has 0 saturated carbocycles. The van der Waals surface area contributed by atoms with Crippen molar-refractivity contribution in [3.8, 4) is 0 Å². The molecule has 2 heterocycles. The van der Waals surface area contributed by atoms with E-state index in [4.69, 9.17) is 16.3 Å². The van der Waals surface area contributed by atoms with Gasteiger partial charge < -0.3 is 4.74 Å². The lowest BCUT2D eigenvalue weighted by Gasteiger charge is -2.11. The van der Waals surface area contributed by atoms with Gasteiger partial charge in [-0.3, -0.25) is 4.79 Å². The standard InChI is InChI=1S/C9H10ClN3O3/c1-6-2-3-7(16-6)11-13-5-4-12(8(10)14)9(13)15/h2H,3-5H2,1H3. The van der Waals surface area contributed by atoms with Crippen molar-refractivity contribution < 1.29 is 14.3 Å². The molecule has 2 rings (SSSR count). The lowest BCUT2D eigenvalue weighted by Crippen LogP contribution is -2.31. The van der Waals surface area contributed by atoms with E-state index in [2.05, 4.69) is 5.10 Å². The third kappa shape index (κ3) is 2.01. The van der Waals surface area contributed by atoms with E-state index in [-0.39, 0.29) is 6.54 Å². The molecule has 2 aliphatic heterocycles. The smallest absolute Gasteiger partial charge is 0.348 e. The third-order valence-corrected chi connectivity index (χ3v) is 2.48. The maximum Gasteiger partial charge on any atom is 0.348 e. The minimum absolute atomic E-state index is 0.254. The van der Waals surface area contributed by atoms with Crippen LogP contribution in [-0.4, -0.2) is 40.3 Å². The molecule has 86 valence electrons. The van der Waals surface area contributed by atoms with Crippen molar-refractivity contribution in [3.63, 3.8) is 0 Å². The van der Waals surface area contributed by atoms with Crippen LogP contribution in [0.3, 0.4) is 0 Å². The maximum atomic E-state index is 11.6. The zero-order valence-corrected chi connectivity index (χ0v) is 9.40. The van der Waals surface area contributed by atoms with Crippen LogP contribution >= 0.6 is 11.6 Å². The number of carbonyl (C=O) groups is 2. The molecule has 1 saturated heterocycles. The second-order valence-electron chi connectivity index (χ2n) is 3.43. The van der Waals surface area contributed by atoms with Crippen molar-refractivity contribution in [1.82, 2.24) is 9.91 Å². The van der Waals surface area contributed by atoms with Gasteiger partial charge in [0.2, 0.25) is 5.90 Å². The van der Waals surface area contributed by atoms with E-state index >= 15 is 0 Å². The summed E-state index contributed by atoms with van der Waals surface area (Å²) in [7, 11) is 0. The number of urea groups is 1. The summed E-state index contributed by atoms with van der Waals surface area (Å²) < 4.78 is 5.25. The number of rotatable bonds is 1. The highest BCUT2D eigenvalue weighted by molar-refractivity contribution is 6.64. The average molecular weight is 244 g/mol. The van der Waals surface area contributed by atoms with Gasteiger partial charge in [-0.1, -0.05) is 0 Å². The summed E-state index contributed by atoms with van der Waals surface area (Å²) in [4.78, 5) is 23.4. The number of imide groups is 1. The van der Waals surface area contributed by atoms with E-state index < -0.39 is 11.4 Å². The zero-order chi connectivity index (χ0) is 11.7. The minimum Gasteiger partial charge on any atom is -0.446 e. The first-order valence-corrected chi connectivity index (χ1v) is 5.16. The van der Waals surface area contributed by atoms with E-state index in [1.807, 2.05) is 13.0 Å². The van der Waals surface area contributed by atoms with Gasteiger partial charge in [-0.25, -0.2) is 14.7 Å². The third-order valence-electron chi connectivity index (χ3n) is 2.27. The molecule has 1 fully saturated rings. The number of allylic oxidation sites excluding steroid dienone is 1. The predicted molar refractivity (Wildman–Crippen MR) is 57.0 cm³/mol. The number of amides is 3. The molecule has 0 aromatic carbocycles. The molecule has 2 aliphatic rings. The molecule has 0 atom stereocenters. The summed E-state index contributed by atoms with van der Waals surface area (Å²) in [5.41, 5.74) is 0. The molecular weight excluding hydrogens is 234 g/mol. The van der Waals surface area contributed by atoms with E-state index in [1.165, 1.54) is 5.01 Å². The summed E-state index contributed by atoms with van der Waals surface area (Å²) in [6.45, 7) is 2.40. The molecule has 0 aliphatic carbocycles. The monoisotopic (exact) mass is 243 g/mol. The van der Waals surface area contributed by atoms with Crippen LogP contribution in [0.4, 0.5) is 9.59 Å². The Morgan fingerprint density at radius 3 is 2.81 bits per heavy atom. The van der Waals surface area contributed by atoms with Crippen molar-refractivity contribution >= 4 is 28.9 Å². The number of hydrogen-bond acceptors (Lipinski definition) is 4. The van der Waals surface area contributed by atoms with Crippen molar-refractivity contribution in [3.05, 3.63) is 11.8 Å². The van der Waals surface area contributed by atoms with Crippen LogP contribution in [0.2, 0.25) is 0 Å². The molecule has 0 N–H and O–H groups in total. The quantitative estimate of drug-likeness (QED) is 0.520. The number of carbonyl (C=O) groups excluding carboxylic acids is 2. The fraction of sp³-hybridized carbons (Fsp3) is 0.444. The number of hydrazone groups is 1. The normalized spacial score (nSPS) is 22.8. The fourth-order valence-corrected chi connectivity index (χ4v) is 1.63. The highest BCUT2D eigenvalue weighted by Crippen LogP contribution is 2.16. The number of ether oxygens (including phenoxy) is 1. The second kappa shape index (κ2) is 4.13. The van der Waals surface area contributed by atoms with Gasteiger partial charge in [0.15, 0.2) is 0 Å². The Morgan fingerprint density at radius 1 is 1.56 bits per heavy atom. The topological polar surface area (TPSA) is 62.2 Å². The van der Waals surface area contributed by atoms with E-state index in [0.717, 1.165) is 10.7 Å². The Hall–Kier alpha value is -1.56. The van der Waals surface area contributed by atoms with Gasteiger partial charge in [0.05, 0.1) is 18.8 Å². The Balaban J connectivity index is 2.03. The van der Waals surface area contributed by atoms with E-state index in [0.29, 0.717) is 18.9 Å². The van der Waals surface area contributed by atoms with Crippen LogP contribution in [-0.2, 0) is 4.74 Å². The van der Waals surface area contributed by atoms with Gasteiger partial charge in [-0.2, -0.15) is 0 Å². The highest BCUT2D eigenvalue weighted by atomic mass is 35.5.